The molecular formula is C53H70BFN7O3. The number of hydrogen-bond acceptors (Lipinski definition) is 6. The van der Waals surface area contributed by atoms with Gasteiger partial charge in [0.2, 0.25) is 11.8 Å². The fourth-order valence-corrected chi connectivity index (χ4v) is 12.3. The Morgan fingerprint density at radius 2 is 1.57 bits per heavy atom. The van der Waals surface area contributed by atoms with Crippen molar-refractivity contribution in [2.45, 2.75) is 179 Å². The number of anilines is 3. The fourth-order valence-electron chi connectivity index (χ4n) is 12.3. The molecule has 1 spiro atoms. The van der Waals surface area contributed by atoms with E-state index in [1.54, 1.807) is 26.2 Å². The van der Waals surface area contributed by atoms with Crippen LogP contribution in [0.5, 0.6) is 0 Å². The van der Waals surface area contributed by atoms with Gasteiger partial charge in [-0.1, -0.05) is 101 Å². The molecule has 2 atom stereocenters. The van der Waals surface area contributed by atoms with Crippen molar-refractivity contribution in [3.05, 3.63) is 65.2 Å². The molecule has 2 aliphatic heterocycles. The molecule has 2 unspecified atom stereocenters. The van der Waals surface area contributed by atoms with Gasteiger partial charge in [0.1, 0.15) is 18.6 Å². The number of imidazole rings is 1. The van der Waals surface area contributed by atoms with Gasteiger partial charge in [0, 0.05) is 55.0 Å². The van der Waals surface area contributed by atoms with E-state index in [4.69, 9.17) is 9.97 Å². The minimum atomic E-state index is -0.672. The zero-order chi connectivity index (χ0) is 45.6. The van der Waals surface area contributed by atoms with Gasteiger partial charge >= 0.3 is 0 Å². The van der Waals surface area contributed by atoms with E-state index in [0.29, 0.717) is 65.9 Å². The van der Waals surface area contributed by atoms with Crippen LogP contribution in [0.15, 0.2) is 42.7 Å². The fraction of sp³-hybridized carbons (Fsp3) is 0.604. The molecule has 4 heterocycles. The maximum absolute atomic E-state index is 15.8. The summed E-state index contributed by atoms with van der Waals surface area (Å²) in [6.45, 7) is 12.4. The van der Waals surface area contributed by atoms with Crippen molar-refractivity contribution in [2.75, 3.05) is 23.3 Å². The van der Waals surface area contributed by atoms with E-state index in [1.165, 1.54) is 83.1 Å². The minimum absolute atomic E-state index is 0.0493. The number of nitrogens with one attached hydrogen (secondary N) is 2. The number of halogens is 1. The van der Waals surface area contributed by atoms with Crippen LogP contribution in [0.25, 0.3) is 22.3 Å². The van der Waals surface area contributed by atoms with Crippen molar-refractivity contribution >= 4 is 53.2 Å². The van der Waals surface area contributed by atoms with Gasteiger partial charge in [0.25, 0.3) is 5.91 Å². The van der Waals surface area contributed by atoms with Crippen molar-refractivity contribution in [1.29, 1.82) is 0 Å². The molecule has 12 heteroatoms. The molecule has 10 nitrogen and oxygen atoms in total. The Hall–Kier alpha value is -4.74. The predicted octanol–water partition coefficient (Wildman–Crippen LogP) is 11.6. The molecule has 3 saturated carbocycles. The molecule has 4 fully saturated rings. The lowest BCUT2D eigenvalue weighted by atomic mass is 9.47. The monoisotopic (exact) mass is 883 g/mol. The standard InChI is InChI=1S/C53H70BFN7O3/c1-32(2)57-51(64)42-29-46(44(55)24-34(42)5)59-50-49-47(56-31-61(49)33(3)4)30-45(58-50)37-18-19-43-48(28-37)62(52(65)53(43)20-22-60(23-21-53)35(6)63)41-26-38(27-41)36-14-13-17-40(25-36)54-39-15-11-9-7-8-10-12-16-39/h18-19,24,28-33,36,38-41H,7-17,20-23,25-27H2,1-6H3,(H,57,64)(H,58,59). The first-order chi connectivity index (χ1) is 31.3. The molecule has 9 rings (SSSR count). The smallest absolute Gasteiger partial charge is 0.251 e. The Morgan fingerprint density at radius 1 is 0.862 bits per heavy atom. The number of fused-ring (bicyclic) bond motifs is 3. The molecule has 4 aromatic rings. The first kappa shape index (κ1) is 45.4. The molecule has 2 aromatic heterocycles. The summed E-state index contributed by atoms with van der Waals surface area (Å²) < 4.78 is 17.9. The topological polar surface area (TPSA) is 112 Å². The second-order valence-electron chi connectivity index (χ2n) is 21.1. The molecular weight excluding hydrogens is 812 g/mol. The third-order valence-corrected chi connectivity index (χ3v) is 16.0. The molecule has 2 aromatic carbocycles. The number of carbonyl (C=O) groups is 3. The van der Waals surface area contributed by atoms with Crippen molar-refractivity contribution < 1.29 is 18.8 Å². The van der Waals surface area contributed by atoms with E-state index in [2.05, 4.69) is 54.9 Å². The Labute approximate surface area is 386 Å². The average Bonchev–Trinajstić information content (AvgIpc) is 3.83. The van der Waals surface area contributed by atoms with Gasteiger partial charge in [-0.25, -0.2) is 14.4 Å². The van der Waals surface area contributed by atoms with Gasteiger partial charge < -0.3 is 25.0 Å². The highest BCUT2D eigenvalue weighted by molar-refractivity contribution is 6.39. The maximum Gasteiger partial charge on any atom is 0.251 e. The molecule has 0 bridgehead atoms. The number of aryl methyl sites for hydroxylation is 1. The van der Waals surface area contributed by atoms with Crippen LogP contribution in [-0.2, 0) is 15.0 Å². The number of piperidine rings is 1. The Balaban J connectivity index is 1.02. The predicted molar refractivity (Wildman–Crippen MR) is 260 cm³/mol. The number of amides is 3. The SMILES string of the molecule is CC(=O)N1CCC2(CC1)C(=O)N(C1CC(C3CCCC([B]C4CCCCCCCC4)C3)C1)c1cc(-c3cc4ncn(C(C)C)c4c(Nc4cc(C(=O)NC(C)C)c(C)cc4F)n3)ccc12. The third kappa shape index (κ3) is 9.08. The summed E-state index contributed by atoms with van der Waals surface area (Å²) in [5, 5.41) is 6.23. The largest absolute Gasteiger partial charge is 0.350 e. The van der Waals surface area contributed by atoms with Crippen LogP contribution < -0.4 is 15.5 Å². The van der Waals surface area contributed by atoms with E-state index in [-0.39, 0.29) is 41.5 Å². The Bertz CT molecular complexity index is 2410. The summed E-state index contributed by atoms with van der Waals surface area (Å²) in [6.07, 6.45) is 21.3. The van der Waals surface area contributed by atoms with Gasteiger partial charge in [-0.05, 0) is 108 Å². The summed E-state index contributed by atoms with van der Waals surface area (Å²) in [6, 6.07) is 11.4. The molecule has 345 valence electrons. The van der Waals surface area contributed by atoms with Crippen molar-refractivity contribution in [2.24, 2.45) is 11.8 Å². The highest BCUT2D eigenvalue weighted by Gasteiger charge is 2.56. The second kappa shape index (κ2) is 18.9. The number of benzene rings is 2. The number of rotatable bonds is 10. The summed E-state index contributed by atoms with van der Waals surface area (Å²) in [4.78, 5) is 54.8. The number of carbonyl (C=O) groups excluding carboxylic acids is 3. The first-order valence-electron chi connectivity index (χ1n) is 25.1. The number of nitrogens with zero attached hydrogens (tertiary/aromatic N) is 5. The third-order valence-electron chi connectivity index (χ3n) is 16.0. The van der Waals surface area contributed by atoms with Crippen molar-refractivity contribution in [3.8, 4) is 11.3 Å². The molecule has 3 aliphatic carbocycles. The molecule has 65 heavy (non-hydrogen) atoms. The first-order valence-corrected chi connectivity index (χ1v) is 25.1. The lowest BCUT2D eigenvalue weighted by Gasteiger charge is -2.48. The number of pyridine rings is 1. The van der Waals surface area contributed by atoms with E-state index >= 15 is 9.18 Å². The van der Waals surface area contributed by atoms with Gasteiger partial charge in [-0.2, -0.15) is 0 Å². The Kier molecular flexibility index (Phi) is 13.2. The average molecular weight is 883 g/mol. The van der Waals surface area contributed by atoms with Crippen molar-refractivity contribution in [1.82, 2.24) is 24.8 Å². The minimum Gasteiger partial charge on any atom is -0.350 e. The zero-order valence-electron chi connectivity index (χ0n) is 39.7. The molecule has 1 saturated heterocycles. The summed E-state index contributed by atoms with van der Waals surface area (Å²) in [7, 11) is 2.78. The number of likely N-dealkylation sites (tertiary alicyclic amines) is 1. The summed E-state index contributed by atoms with van der Waals surface area (Å²) >= 11 is 0. The van der Waals surface area contributed by atoms with E-state index in [9.17, 15) is 9.59 Å². The van der Waals surface area contributed by atoms with Gasteiger partial charge in [-0.3, -0.25) is 14.4 Å². The zero-order valence-corrected chi connectivity index (χ0v) is 39.7. The normalized spacial score (nSPS) is 23.9. The van der Waals surface area contributed by atoms with Gasteiger partial charge in [0.15, 0.2) is 5.82 Å². The van der Waals surface area contributed by atoms with Crippen LogP contribution in [0.2, 0.25) is 11.6 Å². The highest BCUT2D eigenvalue weighted by atomic mass is 19.1. The second-order valence-corrected chi connectivity index (χ2v) is 21.1. The summed E-state index contributed by atoms with van der Waals surface area (Å²) in [5.41, 5.74) is 5.34. The number of aromatic nitrogens is 3. The molecule has 2 N–H and O–H groups in total. The highest BCUT2D eigenvalue weighted by Crippen LogP contribution is 2.54. The van der Waals surface area contributed by atoms with Gasteiger partial charge in [0.05, 0.1) is 28.6 Å². The molecule has 3 amide bonds. The van der Waals surface area contributed by atoms with Crippen LogP contribution in [-0.4, -0.2) is 69.6 Å². The Morgan fingerprint density at radius 3 is 2.26 bits per heavy atom. The maximum atomic E-state index is 15.8. The van der Waals surface area contributed by atoms with E-state index in [1.807, 2.05) is 29.4 Å². The van der Waals surface area contributed by atoms with E-state index < -0.39 is 11.2 Å². The van der Waals surface area contributed by atoms with Crippen LogP contribution in [0, 0.1) is 24.6 Å². The number of hydrogen-bond donors (Lipinski definition) is 2. The van der Waals surface area contributed by atoms with Gasteiger partial charge in [-0.15, -0.1) is 0 Å². The summed E-state index contributed by atoms with van der Waals surface area (Å²) in [5.74, 6) is 2.74. The molecule has 1 radical (unpaired) electrons. The van der Waals surface area contributed by atoms with Crippen LogP contribution in [0.1, 0.15) is 165 Å². The van der Waals surface area contributed by atoms with Crippen LogP contribution in [0.3, 0.4) is 0 Å². The van der Waals surface area contributed by atoms with Crippen LogP contribution >= 0.6 is 0 Å². The molecule has 5 aliphatic rings. The van der Waals surface area contributed by atoms with Crippen molar-refractivity contribution in [3.63, 3.8) is 0 Å². The lowest BCUT2D eigenvalue weighted by Crippen LogP contribution is -2.54. The lowest BCUT2D eigenvalue weighted by molar-refractivity contribution is -0.134. The van der Waals surface area contributed by atoms with Crippen LogP contribution in [0.4, 0.5) is 21.6 Å². The van der Waals surface area contributed by atoms with E-state index in [0.717, 1.165) is 46.8 Å². The quantitative estimate of drug-likeness (QED) is 0.153.